The van der Waals surface area contributed by atoms with E-state index in [0.29, 0.717) is 18.9 Å². The molecule has 3 nitrogen and oxygen atoms in total. The van der Waals surface area contributed by atoms with Crippen molar-refractivity contribution in [1.82, 2.24) is 0 Å². The lowest BCUT2D eigenvalue weighted by molar-refractivity contribution is 0.169. The van der Waals surface area contributed by atoms with Gasteiger partial charge in [-0.15, -0.1) is 0 Å². The third-order valence-electron chi connectivity index (χ3n) is 2.06. The summed E-state index contributed by atoms with van der Waals surface area (Å²) in [6.07, 6.45) is 1.11. The molecule has 0 aliphatic heterocycles. The van der Waals surface area contributed by atoms with E-state index in [0.717, 1.165) is 6.42 Å². The Hall–Kier alpha value is 0.375. The summed E-state index contributed by atoms with van der Waals surface area (Å²) in [5.74, 6) is 0.213. The van der Waals surface area contributed by atoms with E-state index < -0.39 is 9.03 Å². The van der Waals surface area contributed by atoms with Crippen molar-refractivity contribution in [1.29, 1.82) is 0 Å². The maximum absolute atomic E-state index is 9.23. The molecule has 1 fully saturated rings. The molecule has 0 aromatic heterocycles. The van der Waals surface area contributed by atoms with Crippen molar-refractivity contribution in [3.05, 3.63) is 0 Å². The van der Waals surface area contributed by atoms with Gasteiger partial charge < -0.3 is 14.5 Å². The standard InChI is InChI=1S/C6H12BO3P/c7-5-1-4(2-6(5)8)3-10-11-9/h4-6,8-9,11H,1-3H2/t4?,5-,6?/m1/s1. The Morgan fingerprint density at radius 2 is 2.27 bits per heavy atom. The monoisotopic (exact) mass is 174 g/mol. The Kier molecular flexibility index (Phi) is 3.80. The van der Waals surface area contributed by atoms with Crippen molar-refractivity contribution in [3.8, 4) is 0 Å². The highest BCUT2D eigenvalue weighted by molar-refractivity contribution is 7.24. The number of aliphatic hydroxyl groups excluding tert-OH is 1. The van der Waals surface area contributed by atoms with Gasteiger partial charge in [0.15, 0.2) is 9.03 Å². The molecule has 5 heteroatoms. The van der Waals surface area contributed by atoms with E-state index in [-0.39, 0.29) is 11.9 Å². The highest BCUT2D eigenvalue weighted by Crippen LogP contribution is 2.34. The normalized spacial score (nSPS) is 38.9. The molecule has 2 radical (unpaired) electrons. The minimum absolute atomic E-state index is 0.106. The van der Waals surface area contributed by atoms with Gasteiger partial charge in [-0.3, -0.25) is 0 Å². The van der Waals surface area contributed by atoms with Crippen LogP contribution < -0.4 is 0 Å². The molecule has 0 amide bonds. The van der Waals surface area contributed by atoms with Crippen LogP contribution in [-0.2, 0) is 4.52 Å². The second kappa shape index (κ2) is 4.41. The zero-order chi connectivity index (χ0) is 8.27. The molecule has 1 saturated carbocycles. The largest absolute Gasteiger partial charge is 0.394 e. The van der Waals surface area contributed by atoms with E-state index in [2.05, 4.69) is 0 Å². The summed E-state index contributed by atoms with van der Waals surface area (Å²) >= 11 is 0. The van der Waals surface area contributed by atoms with Crippen LogP contribution in [0.5, 0.6) is 0 Å². The van der Waals surface area contributed by atoms with Gasteiger partial charge in [0.2, 0.25) is 0 Å². The molecule has 2 N–H and O–H groups in total. The van der Waals surface area contributed by atoms with Crippen molar-refractivity contribution in [2.75, 3.05) is 6.61 Å². The molecule has 0 bridgehead atoms. The van der Waals surface area contributed by atoms with Gasteiger partial charge in [-0.05, 0) is 12.3 Å². The third kappa shape index (κ3) is 2.71. The third-order valence-corrected chi connectivity index (χ3v) is 2.35. The van der Waals surface area contributed by atoms with Crippen LogP contribution in [0.15, 0.2) is 0 Å². The molecule has 0 spiro atoms. The summed E-state index contributed by atoms with van der Waals surface area (Å²) in [7, 11) is 5.12. The fourth-order valence-corrected chi connectivity index (χ4v) is 1.76. The number of rotatable bonds is 3. The summed E-state index contributed by atoms with van der Waals surface area (Å²) < 4.78 is 4.83. The lowest BCUT2D eigenvalue weighted by atomic mass is 9.84. The predicted octanol–water partition coefficient (Wildman–Crippen LogP) is 0.232. The SMILES string of the molecule is [B][C@@H]1CC(COPO)CC1O. The molecule has 1 aliphatic rings. The van der Waals surface area contributed by atoms with Gasteiger partial charge in [-0.25, -0.2) is 0 Å². The molecule has 0 aromatic carbocycles. The summed E-state index contributed by atoms with van der Waals surface area (Å²) in [6, 6.07) is 0. The molecular weight excluding hydrogens is 162 g/mol. The van der Waals surface area contributed by atoms with E-state index in [1.54, 1.807) is 0 Å². The van der Waals surface area contributed by atoms with Crippen LogP contribution in [0.4, 0.5) is 0 Å². The molecule has 4 atom stereocenters. The summed E-state index contributed by atoms with van der Waals surface area (Å²) in [5.41, 5.74) is 0. The van der Waals surface area contributed by atoms with Gasteiger partial charge in [0.05, 0.1) is 14.5 Å². The van der Waals surface area contributed by atoms with E-state index in [1.807, 2.05) is 0 Å². The van der Waals surface area contributed by atoms with Crippen LogP contribution in [0.2, 0.25) is 5.82 Å². The van der Waals surface area contributed by atoms with Gasteiger partial charge in [-0.2, -0.15) is 0 Å². The van der Waals surface area contributed by atoms with Crippen molar-refractivity contribution >= 4 is 16.9 Å². The Morgan fingerprint density at radius 1 is 1.55 bits per heavy atom. The first-order valence-electron chi connectivity index (χ1n) is 3.68. The lowest BCUT2D eigenvalue weighted by Crippen LogP contribution is -2.07. The predicted molar refractivity (Wildman–Crippen MR) is 44.7 cm³/mol. The van der Waals surface area contributed by atoms with E-state index >= 15 is 0 Å². The first-order valence-corrected chi connectivity index (χ1v) is 4.54. The average molecular weight is 174 g/mol. The van der Waals surface area contributed by atoms with E-state index in [9.17, 15) is 5.11 Å². The Bertz CT molecular complexity index is 114. The van der Waals surface area contributed by atoms with Crippen molar-refractivity contribution in [2.45, 2.75) is 24.8 Å². The average Bonchev–Trinajstić information content (AvgIpc) is 2.28. The van der Waals surface area contributed by atoms with Crippen LogP contribution in [0.3, 0.4) is 0 Å². The van der Waals surface area contributed by atoms with Crippen molar-refractivity contribution in [2.24, 2.45) is 5.92 Å². The number of hydrogen-bond donors (Lipinski definition) is 2. The highest BCUT2D eigenvalue weighted by Gasteiger charge is 2.29. The fourth-order valence-electron chi connectivity index (χ4n) is 1.45. The van der Waals surface area contributed by atoms with Crippen LogP contribution >= 0.6 is 9.03 Å². The van der Waals surface area contributed by atoms with Gasteiger partial charge in [0, 0.05) is 6.10 Å². The molecule has 1 aliphatic carbocycles. The fraction of sp³-hybridized carbons (Fsp3) is 1.00. The van der Waals surface area contributed by atoms with Crippen LogP contribution in [0, 0.1) is 5.92 Å². The lowest BCUT2D eigenvalue weighted by Gasteiger charge is -2.06. The van der Waals surface area contributed by atoms with E-state index in [4.69, 9.17) is 17.3 Å². The molecule has 62 valence electrons. The van der Waals surface area contributed by atoms with Gasteiger partial charge >= 0.3 is 0 Å². The van der Waals surface area contributed by atoms with Gasteiger partial charge in [0.25, 0.3) is 0 Å². The van der Waals surface area contributed by atoms with Crippen LogP contribution in [-0.4, -0.2) is 30.6 Å². The van der Waals surface area contributed by atoms with Crippen LogP contribution in [0.25, 0.3) is 0 Å². The van der Waals surface area contributed by atoms with Crippen molar-refractivity contribution < 1.29 is 14.5 Å². The molecule has 1 rings (SSSR count). The molecule has 0 heterocycles. The van der Waals surface area contributed by atoms with Crippen LogP contribution in [0.1, 0.15) is 12.8 Å². The Morgan fingerprint density at radius 3 is 2.73 bits per heavy atom. The zero-order valence-corrected chi connectivity index (χ0v) is 7.23. The molecule has 0 aromatic rings. The highest BCUT2D eigenvalue weighted by atomic mass is 31.1. The number of aliphatic hydroxyl groups is 1. The molecule has 0 saturated heterocycles. The minimum atomic E-state index is -0.454. The maximum atomic E-state index is 9.23. The zero-order valence-electron chi connectivity index (χ0n) is 6.23. The van der Waals surface area contributed by atoms with E-state index in [1.165, 1.54) is 0 Å². The quantitative estimate of drug-likeness (QED) is 0.475. The first kappa shape index (κ1) is 9.46. The summed E-state index contributed by atoms with van der Waals surface area (Å²) in [6.45, 7) is 0.514. The molecule has 11 heavy (non-hydrogen) atoms. The maximum Gasteiger partial charge on any atom is 0.152 e. The molecule has 3 unspecified atom stereocenters. The Labute approximate surface area is 69.5 Å². The smallest absolute Gasteiger partial charge is 0.152 e. The Balaban J connectivity index is 2.18. The summed E-state index contributed by atoms with van der Waals surface area (Å²) in [4.78, 5) is 8.37. The topological polar surface area (TPSA) is 49.7 Å². The summed E-state index contributed by atoms with van der Waals surface area (Å²) in [5, 5.41) is 9.23. The first-order chi connectivity index (χ1) is 5.24. The van der Waals surface area contributed by atoms with Gasteiger partial charge in [0.1, 0.15) is 0 Å². The molecular formula is C6H12BO3P. The minimum Gasteiger partial charge on any atom is -0.394 e. The van der Waals surface area contributed by atoms with Gasteiger partial charge in [-0.1, -0.05) is 12.2 Å². The van der Waals surface area contributed by atoms with Crippen molar-refractivity contribution in [3.63, 3.8) is 0 Å². The second-order valence-electron chi connectivity index (χ2n) is 2.97. The second-order valence-corrected chi connectivity index (χ2v) is 3.44. The number of hydrogen-bond acceptors (Lipinski definition) is 3.